The lowest BCUT2D eigenvalue weighted by atomic mass is 10.0. The lowest BCUT2D eigenvalue weighted by Crippen LogP contribution is -2.41. The fraction of sp³-hybridized carbons (Fsp3) is 0.500. The summed E-state index contributed by atoms with van der Waals surface area (Å²) < 4.78 is 0. The highest BCUT2D eigenvalue weighted by Crippen LogP contribution is 2.16. The highest BCUT2D eigenvalue weighted by Gasteiger charge is 2.15. The van der Waals surface area contributed by atoms with Crippen molar-refractivity contribution in [2.24, 2.45) is 5.92 Å². The number of hydrogen-bond donors (Lipinski definition) is 3. The topological polar surface area (TPSA) is 104 Å². The Balaban J connectivity index is 2.45. The van der Waals surface area contributed by atoms with E-state index in [-0.39, 0.29) is 24.7 Å². The Hall–Kier alpha value is -2.15. The molecule has 0 bridgehead atoms. The summed E-state index contributed by atoms with van der Waals surface area (Å²) in [5.74, 6) is 0.0977. The maximum Gasteiger partial charge on any atom is 0.315 e. The Kier molecular flexibility index (Phi) is 6.61. The molecule has 0 spiro atoms. The predicted molar refractivity (Wildman–Crippen MR) is 78.8 cm³/mol. The van der Waals surface area contributed by atoms with Gasteiger partial charge in [0.05, 0.1) is 17.6 Å². The zero-order chi connectivity index (χ0) is 15.8. The normalized spacial score (nSPS) is 13.3. The number of amides is 2. The summed E-state index contributed by atoms with van der Waals surface area (Å²) in [7, 11) is 0. The number of aliphatic hydroxyl groups excluding tert-OH is 1. The molecule has 1 aromatic rings. The van der Waals surface area contributed by atoms with E-state index in [1.165, 1.54) is 6.07 Å². The van der Waals surface area contributed by atoms with Crippen molar-refractivity contribution in [1.29, 1.82) is 0 Å². The number of carbonyl (C=O) groups excluding carboxylic acids is 1. The van der Waals surface area contributed by atoms with Gasteiger partial charge in [-0.15, -0.1) is 0 Å². The van der Waals surface area contributed by atoms with Crippen LogP contribution < -0.4 is 10.6 Å². The van der Waals surface area contributed by atoms with E-state index in [1.807, 2.05) is 13.8 Å². The number of rotatable bonds is 7. The van der Waals surface area contributed by atoms with E-state index in [1.54, 1.807) is 18.2 Å². The van der Waals surface area contributed by atoms with Gasteiger partial charge in [-0.2, -0.15) is 0 Å². The van der Waals surface area contributed by atoms with Gasteiger partial charge in [-0.1, -0.05) is 38.5 Å². The molecule has 3 N–H and O–H groups in total. The van der Waals surface area contributed by atoms with Gasteiger partial charge >= 0.3 is 6.03 Å². The molecule has 0 radical (unpaired) electrons. The van der Waals surface area contributed by atoms with E-state index in [2.05, 4.69) is 10.6 Å². The second kappa shape index (κ2) is 8.21. The molecule has 0 heterocycles. The third-order valence-electron chi connectivity index (χ3n) is 3.40. The molecule has 1 rings (SSSR count). The van der Waals surface area contributed by atoms with Crippen molar-refractivity contribution in [3.05, 3.63) is 39.9 Å². The molecule has 0 aliphatic carbocycles. The summed E-state index contributed by atoms with van der Waals surface area (Å²) in [5, 5.41) is 25.7. The fourth-order valence-electron chi connectivity index (χ4n) is 1.75. The summed E-state index contributed by atoms with van der Waals surface area (Å²) in [6.45, 7) is 4.07. The van der Waals surface area contributed by atoms with Crippen LogP contribution in [0.3, 0.4) is 0 Å². The number of carbonyl (C=O) groups is 1. The molecule has 21 heavy (non-hydrogen) atoms. The van der Waals surface area contributed by atoms with Crippen molar-refractivity contribution in [3.8, 4) is 0 Å². The average Bonchev–Trinajstić information content (AvgIpc) is 2.49. The van der Waals surface area contributed by atoms with E-state index in [9.17, 15) is 20.0 Å². The molecule has 1 aromatic carbocycles. The maximum absolute atomic E-state index is 11.6. The molecule has 116 valence electrons. The highest BCUT2D eigenvalue weighted by atomic mass is 16.6. The zero-order valence-corrected chi connectivity index (χ0v) is 12.2. The average molecular weight is 295 g/mol. The van der Waals surface area contributed by atoms with Gasteiger partial charge in [0.15, 0.2) is 0 Å². The Morgan fingerprint density at radius 1 is 1.38 bits per heavy atom. The van der Waals surface area contributed by atoms with Crippen molar-refractivity contribution in [2.75, 3.05) is 6.54 Å². The van der Waals surface area contributed by atoms with Crippen LogP contribution >= 0.6 is 0 Å². The molecule has 7 heteroatoms. The first kappa shape index (κ1) is 16.9. The summed E-state index contributed by atoms with van der Waals surface area (Å²) >= 11 is 0. The van der Waals surface area contributed by atoms with Gasteiger partial charge in [0.1, 0.15) is 0 Å². The van der Waals surface area contributed by atoms with Crippen LogP contribution in [0.4, 0.5) is 10.5 Å². The highest BCUT2D eigenvalue weighted by molar-refractivity contribution is 5.74. The minimum Gasteiger partial charge on any atom is -0.391 e. The zero-order valence-electron chi connectivity index (χ0n) is 12.2. The number of benzene rings is 1. The standard InChI is InChI=1S/C14H21N3O4/c1-3-10(2)13(18)9-16-14(19)15-8-11-6-4-5-7-12(11)17(20)21/h4-7,10,13,18H,3,8-9H2,1-2H3,(H2,15,16,19). The van der Waals surface area contributed by atoms with Gasteiger partial charge in [0.25, 0.3) is 5.69 Å². The summed E-state index contributed by atoms with van der Waals surface area (Å²) in [5.41, 5.74) is 0.401. The molecule has 2 atom stereocenters. The Morgan fingerprint density at radius 3 is 2.67 bits per heavy atom. The molecule has 0 aliphatic heterocycles. The van der Waals surface area contributed by atoms with Crippen LogP contribution in [-0.2, 0) is 6.54 Å². The van der Waals surface area contributed by atoms with Crippen molar-refractivity contribution in [1.82, 2.24) is 10.6 Å². The molecule has 7 nitrogen and oxygen atoms in total. The van der Waals surface area contributed by atoms with Crippen LogP contribution in [0.2, 0.25) is 0 Å². The minimum atomic E-state index is -0.605. The van der Waals surface area contributed by atoms with Gasteiger partial charge in [-0.25, -0.2) is 4.79 Å². The van der Waals surface area contributed by atoms with Gasteiger partial charge in [-0.05, 0) is 5.92 Å². The molecular weight excluding hydrogens is 274 g/mol. The number of urea groups is 1. The van der Waals surface area contributed by atoms with Crippen molar-refractivity contribution in [2.45, 2.75) is 32.9 Å². The number of nitrogens with zero attached hydrogens (tertiary/aromatic N) is 1. The van der Waals surface area contributed by atoms with Crippen LogP contribution in [0, 0.1) is 16.0 Å². The molecule has 0 saturated carbocycles. The Morgan fingerprint density at radius 2 is 2.05 bits per heavy atom. The SMILES string of the molecule is CCC(C)C(O)CNC(=O)NCc1ccccc1[N+](=O)[O-]. The second-order valence-corrected chi connectivity index (χ2v) is 4.90. The smallest absolute Gasteiger partial charge is 0.315 e. The number of hydrogen-bond acceptors (Lipinski definition) is 4. The van der Waals surface area contributed by atoms with Crippen LogP contribution in [0.5, 0.6) is 0 Å². The largest absolute Gasteiger partial charge is 0.391 e. The van der Waals surface area contributed by atoms with Crippen LogP contribution in [0.25, 0.3) is 0 Å². The number of nitrogens with one attached hydrogen (secondary N) is 2. The molecule has 0 saturated heterocycles. The Bertz CT molecular complexity index is 493. The summed E-state index contributed by atoms with van der Waals surface area (Å²) in [6, 6.07) is 5.77. The number of para-hydroxylation sites is 1. The van der Waals surface area contributed by atoms with E-state index in [0.717, 1.165) is 6.42 Å². The second-order valence-electron chi connectivity index (χ2n) is 4.90. The van der Waals surface area contributed by atoms with Crippen LogP contribution in [-0.4, -0.2) is 28.7 Å². The van der Waals surface area contributed by atoms with Crippen LogP contribution in [0.1, 0.15) is 25.8 Å². The third kappa shape index (κ3) is 5.39. The van der Waals surface area contributed by atoms with E-state index in [4.69, 9.17) is 0 Å². The molecule has 0 fully saturated rings. The molecule has 2 unspecified atom stereocenters. The van der Waals surface area contributed by atoms with Gasteiger partial charge in [0, 0.05) is 18.2 Å². The quantitative estimate of drug-likeness (QED) is 0.527. The van der Waals surface area contributed by atoms with E-state index >= 15 is 0 Å². The molecule has 0 aromatic heterocycles. The first-order valence-corrected chi connectivity index (χ1v) is 6.87. The maximum atomic E-state index is 11.6. The van der Waals surface area contributed by atoms with Crippen molar-refractivity contribution in [3.63, 3.8) is 0 Å². The monoisotopic (exact) mass is 295 g/mol. The fourth-order valence-corrected chi connectivity index (χ4v) is 1.75. The van der Waals surface area contributed by atoms with Crippen LogP contribution in [0.15, 0.2) is 24.3 Å². The summed E-state index contributed by atoms with van der Waals surface area (Å²) in [4.78, 5) is 22.0. The molecule has 0 aliphatic rings. The van der Waals surface area contributed by atoms with Crippen molar-refractivity contribution < 1.29 is 14.8 Å². The van der Waals surface area contributed by atoms with Gasteiger partial charge in [-0.3, -0.25) is 10.1 Å². The van der Waals surface area contributed by atoms with Crippen molar-refractivity contribution >= 4 is 11.7 Å². The first-order chi connectivity index (χ1) is 9.95. The minimum absolute atomic E-state index is 0.0301. The first-order valence-electron chi connectivity index (χ1n) is 6.87. The third-order valence-corrected chi connectivity index (χ3v) is 3.40. The number of aliphatic hydroxyl groups is 1. The lowest BCUT2D eigenvalue weighted by molar-refractivity contribution is -0.385. The number of nitro benzene ring substituents is 1. The summed E-state index contributed by atoms with van der Waals surface area (Å²) in [6.07, 6.45) is 0.215. The molecule has 2 amide bonds. The lowest BCUT2D eigenvalue weighted by Gasteiger charge is -2.17. The predicted octanol–water partition coefficient (Wildman–Crippen LogP) is 1.80. The number of nitro groups is 1. The van der Waals surface area contributed by atoms with Gasteiger partial charge < -0.3 is 15.7 Å². The van der Waals surface area contributed by atoms with Gasteiger partial charge in [0.2, 0.25) is 0 Å². The molecular formula is C14H21N3O4. The van der Waals surface area contributed by atoms with E-state index in [0.29, 0.717) is 5.56 Å². The Labute approximate surface area is 123 Å². The van der Waals surface area contributed by atoms with E-state index < -0.39 is 17.1 Å².